The molecule has 0 radical (unpaired) electrons. The molecular weight excluding hydrogens is 425 g/mol. The molecule has 3 aromatic rings. The van der Waals surface area contributed by atoms with Crippen molar-refractivity contribution in [1.82, 2.24) is 0 Å². The lowest BCUT2D eigenvalue weighted by molar-refractivity contribution is 0.364. The van der Waals surface area contributed by atoms with Crippen LogP contribution in [0.4, 0.5) is 33.3 Å². The Labute approximate surface area is 182 Å². The van der Waals surface area contributed by atoms with E-state index in [4.69, 9.17) is 0 Å². The number of nitriles is 1. The van der Waals surface area contributed by atoms with Crippen LogP contribution in [0.5, 0.6) is 0 Å². The highest BCUT2D eigenvalue weighted by Gasteiger charge is 2.47. The molecule has 0 bridgehead atoms. The van der Waals surface area contributed by atoms with Gasteiger partial charge in [0.25, 0.3) is 0 Å². The Morgan fingerprint density at radius 3 is 1.31 bits per heavy atom. The Bertz CT molecular complexity index is 1130. The van der Waals surface area contributed by atoms with E-state index in [2.05, 4.69) is 0 Å². The van der Waals surface area contributed by atoms with E-state index < -0.39 is 40.1 Å². The van der Waals surface area contributed by atoms with Gasteiger partial charge in [-0.15, -0.1) is 0 Å². The summed E-state index contributed by atoms with van der Waals surface area (Å²) >= 11 is 0. The van der Waals surface area contributed by atoms with Gasteiger partial charge in [-0.2, -0.15) is 5.26 Å². The molecule has 0 saturated carbocycles. The fraction of sp³-hybridized carbons (Fsp3) is 0.208. The molecule has 0 amide bonds. The zero-order valence-corrected chi connectivity index (χ0v) is 17.9. The number of hydrogen-bond donors (Lipinski definition) is 0. The van der Waals surface area contributed by atoms with Crippen LogP contribution in [-0.4, -0.2) is 28.2 Å². The van der Waals surface area contributed by atoms with Crippen molar-refractivity contribution in [3.8, 4) is 6.07 Å². The molecule has 0 saturated heterocycles. The number of benzene rings is 3. The number of rotatable bonds is 5. The van der Waals surface area contributed by atoms with Gasteiger partial charge in [-0.05, 0) is 12.1 Å². The minimum atomic E-state index is -2.36. The van der Waals surface area contributed by atoms with Crippen molar-refractivity contribution in [3.63, 3.8) is 0 Å². The second-order valence-electron chi connectivity index (χ2n) is 7.63. The summed E-state index contributed by atoms with van der Waals surface area (Å²) in [5.41, 5.74) is -2.67. The lowest BCUT2D eigenvalue weighted by Crippen LogP contribution is -2.35. The van der Waals surface area contributed by atoms with Crippen molar-refractivity contribution >= 4 is 11.4 Å². The van der Waals surface area contributed by atoms with Crippen LogP contribution in [-0.2, 0) is 5.41 Å². The van der Waals surface area contributed by atoms with Crippen molar-refractivity contribution in [1.29, 1.82) is 5.26 Å². The molecule has 0 N–H and O–H groups in total. The third-order valence-corrected chi connectivity index (χ3v) is 5.33. The van der Waals surface area contributed by atoms with Crippen LogP contribution >= 0.6 is 0 Å². The van der Waals surface area contributed by atoms with E-state index in [-0.39, 0.29) is 11.1 Å². The maximum Gasteiger partial charge on any atom is 0.200 e. The highest BCUT2D eigenvalue weighted by Crippen LogP contribution is 2.48. The normalized spacial score (nSPS) is 11.2. The number of anilines is 2. The molecule has 3 rings (SSSR count). The fourth-order valence-corrected chi connectivity index (χ4v) is 3.89. The standard InChI is InChI=1S/C24H20F5N3/c1-31(2)16-11-7-5-9-14(16)24(13-30,15-10-6-8-12-17(15)32(3)4)18-19(25)21(27)23(29)22(28)20(18)26/h5-12H,1-4H3. The van der Waals surface area contributed by atoms with Gasteiger partial charge in [0, 0.05) is 50.7 Å². The molecule has 32 heavy (non-hydrogen) atoms. The fourth-order valence-electron chi connectivity index (χ4n) is 3.89. The summed E-state index contributed by atoms with van der Waals surface area (Å²) in [7, 11) is 6.60. The van der Waals surface area contributed by atoms with Gasteiger partial charge in [0.2, 0.25) is 5.82 Å². The van der Waals surface area contributed by atoms with Crippen LogP contribution in [0, 0.1) is 40.4 Å². The zero-order valence-electron chi connectivity index (χ0n) is 17.9. The monoisotopic (exact) mass is 445 g/mol. The summed E-state index contributed by atoms with van der Waals surface area (Å²) < 4.78 is 73.0. The Kier molecular flexibility index (Phi) is 6.13. The quantitative estimate of drug-likeness (QED) is 0.229. The molecule has 3 nitrogen and oxygen atoms in total. The number of halogens is 5. The van der Waals surface area contributed by atoms with E-state index in [0.29, 0.717) is 11.4 Å². The highest BCUT2D eigenvalue weighted by molar-refractivity contribution is 5.72. The molecule has 0 fully saturated rings. The van der Waals surface area contributed by atoms with E-state index in [1.165, 1.54) is 12.1 Å². The predicted molar refractivity (Wildman–Crippen MR) is 113 cm³/mol. The molecule has 0 atom stereocenters. The Balaban J connectivity index is 2.65. The molecule has 0 aromatic heterocycles. The summed E-state index contributed by atoms with van der Waals surface area (Å²) in [5, 5.41) is 10.5. The first-order valence-electron chi connectivity index (χ1n) is 9.56. The van der Waals surface area contributed by atoms with Crippen molar-refractivity contribution in [2.45, 2.75) is 5.41 Å². The van der Waals surface area contributed by atoms with Gasteiger partial charge in [0.15, 0.2) is 23.3 Å². The van der Waals surface area contributed by atoms with E-state index in [0.717, 1.165) is 0 Å². The number of nitrogens with zero attached hydrogens (tertiary/aromatic N) is 3. The average molecular weight is 445 g/mol. The van der Waals surface area contributed by atoms with E-state index in [1.54, 1.807) is 74.4 Å². The average Bonchev–Trinajstić information content (AvgIpc) is 2.79. The Hall–Kier alpha value is -3.60. The largest absolute Gasteiger partial charge is 0.377 e. The Morgan fingerprint density at radius 1 is 0.625 bits per heavy atom. The van der Waals surface area contributed by atoms with Gasteiger partial charge in [0.1, 0.15) is 5.41 Å². The minimum Gasteiger partial charge on any atom is -0.377 e. The predicted octanol–water partition coefficient (Wildman–Crippen LogP) is 5.37. The van der Waals surface area contributed by atoms with Gasteiger partial charge in [-0.1, -0.05) is 36.4 Å². The molecular formula is C24H20F5N3. The van der Waals surface area contributed by atoms with Crippen LogP contribution in [0.2, 0.25) is 0 Å². The van der Waals surface area contributed by atoms with E-state index >= 15 is 8.78 Å². The molecule has 166 valence electrons. The summed E-state index contributed by atoms with van der Waals surface area (Å²) in [4.78, 5) is 3.21. The van der Waals surface area contributed by atoms with Crippen molar-refractivity contribution < 1.29 is 22.0 Å². The van der Waals surface area contributed by atoms with Crippen LogP contribution in [0.15, 0.2) is 48.5 Å². The first-order valence-corrected chi connectivity index (χ1v) is 9.56. The minimum absolute atomic E-state index is 0.0741. The van der Waals surface area contributed by atoms with Crippen LogP contribution in [0.3, 0.4) is 0 Å². The van der Waals surface area contributed by atoms with Gasteiger partial charge < -0.3 is 9.80 Å². The van der Waals surface area contributed by atoms with Crippen molar-refractivity contribution in [2.75, 3.05) is 38.0 Å². The summed E-state index contributed by atoms with van der Waals surface area (Å²) in [5.74, 6) is -10.6. The molecule has 0 aliphatic heterocycles. The van der Waals surface area contributed by atoms with Gasteiger partial charge >= 0.3 is 0 Å². The maximum atomic E-state index is 15.2. The Morgan fingerprint density at radius 2 is 0.969 bits per heavy atom. The third kappa shape index (κ3) is 3.34. The smallest absolute Gasteiger partial charge is 0.200 e. The highest BCUT2D eigenvalue weighted by atomic mass is 19.2. The second kappa shape index (κ2) is 8.50. The maximum absolute atomic E-state index is 15.2. The summed E-state index contributed by atoms with van der Waals surface area (Å²) in [6.07, 6.45) is 0. The molecule has 0 spiro atoms. The van der Waals surface area contributed by atoms with Crippen molar-refractivity contribution in [2.24, 2.45) is 0 Å². The van der Waals surface area contributed by atoms with E-state index in [9.17, 15) is 18.4 Å². The molecule has 0 heterocycles. The first-order chi connectivity index (χ1) is 15.1. The molecule has 0 aliphatic carbocycles. The number of hydrogen-bond acceptors (Lipinski definition) is 3. The van der Waals surface area contributed by atoms with E-state index in [1.807, 2.05) is 6.07 Å². The van der Waals surface area contributed by atoms with Crippen LogP contribution in [0.25, 0.3) is 0 Å². The van der Waals surface area contributed by atoms with Gasteiger partial charge in [0.05, 0.1) is 11.6 Å². The SMILES string of the molecule is CN(C)c1ccccc1C(C#N)(c1ccccc1N(C)C)c1c(F)c(F)c(F)c(F)c1F. The van der Waals surface area contributed by atoms with Gasteiger partial charge in [-0.25, -0.2) is 22.0 Å². The first kappa shape index (κ1) is 23.1. The zero-order chi connectivity index (χ0) is 23.8. The van der Waals surface area contributed by atoms with Crippen LogP contribution < -0.4 is 9.80 Å². The number of para-hydroxylation sites is 2. The second-order valence-corrected chi connectivity index (χ2v) is 7.63. The molecule has 3 aromatic carbocycles. The summed E-state index contributed by atoms with van der Waals surface area (Å²) in [6.45, 7) is 0. The molecule has 0 unspecified atom stereocenters. The van der Waals surface area contributed by atoms with Gasteiger partial charge in [-0.3, -0.25) is 0 Å². The van der Waals surface area contributed by atoms with Crippen LogP contribution in [0.1, 0.15) is 16.7 Å². The summed E-state index contributed by atoms with van der Waals surface area (Å²) in [6, 6.07) is 14.4. The van der Waals surface area contributed by atoms with Crippen molar-refractivity contribution in [3.05, 3.63) is 94.3 Å². The lowest BCUT2D eigenvalue weighted by atomic mass is 9.68. The third-order valence-electron chi connectivity index (χ3n) is 5.33. The topological polar surface area (TPSA) is 30.3 Å². The molecule has 0 aliphatic rings. The molecule has 8 heteroatoms. The lowest BCUT2D eigenvalue weighted by Gasteiger charge is -2.35.